The normalized spacial score (nSPS) is 30.5. The van der Waals surface area contributed by atoms with E-state index in [4.69, 9.17) is 0 Å². The molecular weight excluding hydrogens is 258 g/mol. The zero-order valence-corrected chi connectivity index (χ0v) is 13.7. The summed E-state index contributed by atoms with van der Waals surface area (Å²) in [4.78, 5) is 7.07. The third kappa shape index (κ3) is 3.46. The summed E-state index contributed by atoms with van der Waals surface area (Å²) in [6.07, 6.45) is 9.33. The lowest BCUT2D eigenvalue weighted by Crippen LogP contribution is -2.63. The monoisotopic (exact) mass is 287 g/mol. The first-order chi connectivity index (χ1) is 10.1. The van der Waals surface area contributed by atoms with Gasteiger partial charge in [-0.2, -0.15) is 0 Å². The number of nitrogens with one attached hydrogen (secondary N) is 1. The molecule has 1 saturated heterocycles. The van der Waals surface area contributed by atoms with Crippen LogP contribution in [0.2, 0.25) is 0 Å². The van der Waals surface area contributed by atoms with E-state index >= 15 is 0 Å². The van der Waals surface area contributed by atoms with Crippen LogP contribution in [0.15, 0.2) is 18.5 Å². The van der Waals surface area contributed by atoms with E-state index in [1.165, 1.54) is 43.4 Å². The highest BCUT2D eigenvalue weighted by Crippen LogP contribution is 2.41. The number of piperazine rings is 1. The lowest BCUT2D eigenvalue weighted by Gasteiger charge is -2.47. The van der Waals surface area contributed by atoms with Crippen molar-refractivity contribution in [3.63, 3.8) is 0 Å². The van der Waals surface area contributed by atoms with E-state index < -0.39 is 0 Å². The number of hydrogen-bond acceptors (Lipinski definition) is 3. The molecule has 0 aromatic carbocycles. The van der Waals surface area contributed by atoms with Gasteiger partial charge in [0.1, 0.15) is 0 Å². The smallest absolute Gasteiger partial charge is 0.0313 e. The fraction of sp³-hybridized carbons (Fsp3) is 0.722. The van der Waals surface area contributed by atoms with Gasteiger partial charge in [0.2, 0.25) is 0 Å². The first kappa shape index (κ1) is 15.0. The van der Waals surface area contributed by atoms with Crippen LogP contribution in [0, 0.1) is 12.8 Å². The Morgan fingerprint density at radius 1 is 1.38 bits per heavy atom. The Kier molecular flexibility index (Phi) is 4.32. The summed E-state index contributed by atoms with van der Waals surface area (Å²) in [6.45, 7) is 10.2. The lowest BCUT2D eigenvalue weighted by atomic mass is 9.89. The fourth-order valence-electron chi connectivity index (χ4n) is 3.82. The van der Waals surface area contributed by atoms with Gasteiger partial charge in [0.15, 0.2) is 0 Å². The van der Waals surface area contributed by atoms with Crippen molar-refractivity contribution in [1.82, 2.24) is 15.2 Å². The Morgan fingerprint density at radius 3 is 2.86 bits per heavy atom. The molecule has 0 radical (unpaired) electrons. The van der Waals surface area contributed by atoms with Crippen molar-refractivity contribution in [2.24, 2.45) is 5.92 Å². The number of hydrogen-bond donors (Lipinski definition) is 1. The number of nitrogens with zero attached hydrogens (tertiary/aromatic N) is 2. The van der Waals surface area contributed by atoms with Gasteiger partial charge >= 0.3 is 0 Å². The molecule has 116 valence electrons. The number of aromatic nitrogens is 1. The molecule has 1 N–H and O–H groups in total. The van der Waals surface area contributed by atoms with Crippen LogP contribution in [0.1, 0.15) is 50.7 Å². The molecule has 2 heterocycles. The van der Waals surface area contributed by atoms with Gasteiger partial charge in [0.25, 0.3) is 0 Å². The van der Waals surface area contributed by atoms with Crippen LogP contribution in [-0.2, 0) is 6.54 Å². The molecule has 1 aromatic heterocycles. The van der Waals surface area contributed by atoms with Crippen LogP contribution >= 0.6 is 0 Å². The molecule has 1 aromatic rings. The molecule has 2 unspecified atom stereocenters. The van der Waals surface area contributed by atoms with Gasteiger partial charge in [-0.05, 0) is 50.2 Å². The van der Waals surface area contributed by atoms with Gasteiger partial charge in [-0.25, -0.2) is 0 Å². The first-order valence-electron chi connectivity index (χ1n) is 8.50. The zero-order valence-electron chi connectivity index (χ0n) is 13.7. The molecule has 21 heavy (non-hydrogen) atoms. The average molecular weight is 287 g/mol. The van der Waals surface area contributed by atoms with Gasteiger partial charge in [0.05, 0.1) is 0 Å². The molecule has 0 amide bonds. The maximum atomic E-state index is 4.36. The minimum absolute atomic E-state index is 0.321. The van der Waals surface area contributed by atoms with Gasteiger partial charge in [-0.15, -0.1) is 0 Å². The van der Waals surface area contributed by atoms with E-state index in [1.807, 2.05) is 12.4 Å². The Bertz CT molecular complexity index is 483. The number of aryl methyl sites for hydroxylation is 1. The quantitative estimate of drug-likeness (QED) is 0.902. The minimum atomic E-state index is 0.321. The highest BCUT2D eigenvalue weighted by atomic mass is 15.3. The maximum absolute atomic E-state index is 4.36. The topological polar surface area (TPSA) is 28.2 Å². The van der Waals surface area contributed by atoms with E-state index in [1.54, 1.807) is 0 Å². The Hall–Kier alpha value is -0.930. The predicted molar refractivity (Wildman–Crippen MR) is 87.2 cm³/mol. The van der Waals surface area contributed by atoms with Crippen molar-refractivity contribution in [1.29, 1.82) is 0 Å². The third-order valence-electron chi connectivity index (χ3n) is 5.21. The number of pyridine rings is 1. The van der Waals surface area contributed by atoms with Crippen LogP contribution in [-0.4, -0.2) is 34.6 Å². The maximum Gasteiger partial charge on any atom is 0.0313 e. The SMILES string of the molecule is CCCC1CNC(C)(C2CC2)CN1Cc1cncc(C)c1. The minimum Gasteiger partial charge on any atom is -0.308 e. The summed E-state index contributed by atoms with van der Waals surface area (Å²) in [7, 11) is 0. The number of rotatable bonds is 5. The van der Waals surface area contributed by atoms with Crippen molar-refractivity contribution >= 4 is 0 Å². The molecule has 1 aliphatic heterocycles. The van der Waals surface area contributed by atoms with Gasteiger partial charge in [-0.1, -0.05) is 19.4 Å². The predicted octanol–water partition coefficient (Wildman–Crippen LogP) is 3.13. The van der Waals surface area contributed by atoms with Crippen LogP contribution in [0.25, 0.3) is 0 Å². The third-order valence-corrected chi connectivity index (χ3v) is 5.21. The first-order valence-corrected chi connectivity index (χ1v) is 8.50. The van der Waals surface area contributed by atoms with Crippen molar-refractivity contribution in [2.75, 3.05) is 13.1 Å². The molecule has 3 nitrogen and oxygen atoms in total. The highest BCUT2D eigenvalue weighted by Gasteiger charge is 2.45. The summed E-state index contributed by atoms with van der Waals surface area (Å²) in [5, 5.41) is 3.86. The standard InChI is InChI=1S/C18H29N3/c1-4-5-17-11-20-18(3,16-6-7-16)13-21(17)12-15-8-14(2)9-19-10-15/h8-10,16-17,20H,4-7,11-13H2,1-3H3. The molecule has 1 aliphatic carbocycles. The van der Waals surface area contributed by atoms with Gasteiger partial charge in [0, 0.05) is 43.6 Å². The van der Waals surface area contributed by atoms with Gasteiger partial charge < -0.3 is 5.32 Å². The second kappa shape index (κ2) is 6.05. The van der Waals surface area contributed by atoms with Crippen molar-refractivity contribution < 1.29 is 0 Å². The molecule has 0 spiro atoms. The van der Waals surface area contributed by atoms with Gasteiger partial charge in [-0.3, -0.25) is 9.88 Å². The van der Waals surface area contributed by atoms with Crippen molar-refractivity contribution in [3.8, 4) is 0 Å². The summed E-state index contributed by atoms with van der Waals surface area (Å²) in [5.41, 5.74) is 2.94. The van der Waals surface area contributed by atoms with Crippen LogP contribution < -0.4 is 5.32 Å². The van der Waals surface area contributed by atoms with Crippen LogP contribution in [0.5, 0.6) is 0 Å². The van der Waals surface area contributed by atoms with E-state index in [9.17, 15) is 0 Å². The Labute approximate surface area is 129 Å². The summed E-state index contributed by atoms with van der Waals surface area (Å²) >= 11 is 0. The molecule has 0 bridgehead atoms. The average Bonchev–Trinajstić information content (AvgIpc) is 3.27. The summed E-state index contributed by atoms with van der Waals surface area (Å²) in [5.74, 6) is 0.887. The van der Waals surface area contributed by atoms with E-state index in [0.29, 0.717) is 11.6 Å². The van der Waals surface area contributed by atoms with Crippen molar-refractivity contribution in [3.05, 3.63) is 29.6 Å². The van der Waals surface area contributed by atoms with E-state index in [2.05, 4.69) is 42.0 Å². The molecule has 2 atom stereocenters. The van der Waals surface area contributed by atoms with Crippen molar-refractivity contribution in [2.45, 2.75) is 64.6 Å². The zero-order chi connectivity index (χ0) is 14.9. The van der Waals surface area contributed by atoms with Crippen LogP contribution in [0.3, 0.4) is 0 Å². The van der Waals surface area contributed by atoms with Crippen LogP contribution in [0.4, 0.5) is 0 Å². The second-order valence-corrected chi connectivity index (χ2v) is 7.29. The molecular formula is C18H29N3. The lowest BCUT2D eigenvalue weighted by molar-refractivity contribution is 0.0638. The Balaban J connectivity index is 1.73. The molecule has 1 saturated carbocycles. The second-order valence-electron chi connectivity index (χ2n) is 7.29. The molecule has 3 heteroatoms. The van der Waals surface area contributed by atoms with E-state index in [0.717, 1.165) is 19.0 Å². The molecule has 2 aliphatic rings. The molecule has 3 rings (SSSR count). The van der Waals surface area contributed by atoms with E-state index in [-0.39, 0.29) is 0 Å². The summed E-state index contributed by atoms with van der Waals surface area (Å²) in [6, 6.07) is 2.95. The fourth-order valence-corrected chi connectivity index (χ4v) is 3.82. The Morgan fingerprint density at radius 2 is 2.19 bits per heavy atom. The largest absolute Gasteiger partial charge is 0.308 e. The summed E-state index contributed by atoms with van der Waals surface area (Å²) < 4.78 is 0. The molecule has 2 fully saturated rings. The highest BCUT2D eigenvalue weighted by molar-refractivity contribution is 5.17.